The van der Waals surface area contributed by atoms with Crippen LogP contribution in [0, 0.1) is 5.82 Å². The van der Waals surface area contributed by atoms with E-state index in [0.717, 1.165) is 11.1 Å². The van der Waals surface area contributed by atoms with Gasteiger partial charge in [0.15, 0.2) is 0 Å². The first-order valence-electron chi connectivity index (χ1n) is 16.4. The molecule has 0 aliphatic carbocycles. The van der Waals surface area contributed by atoms with Gasteiger partial charge in [0.1, 0.15) is 17.6 Å². The van der Waals surface area contributed by atoms with Crippen LogP contribution < -0.4 is 4.74 Å². The van der Waals surface area contributed by atoms with Crippen LogP contribution in [-0.4, -0.2) is 65.8 Å². The summed E-state index contributed by atoms with van der Waals surface area (Å²) in [4.78, 5) is 34.9. The molecule has 1 aliphatic heterocycles. The zero-order valence-corrected chi connectivity index (χ0v) is 27.1. The second kappa shape index (κ2) is 15.5. The number of carbonyl (C=O) groups is 2. The van der Waals surface area contributed by atoms with Gasteiger partial charge in [0.25, 0.3) is 5.91 Å². The lowest BCUT2D eigenvalue weighted by Crippen LogP contribution is -2.57. The standard InChI is InChI=1S/C41H40FN3O3/c1-48-37-23-17-32(18-24-37)30-45(40(46)35-19-21-36(42)22-20-35)38(29-31-11-5-2-6-12-31)41(47)44-27-25-43(26-28-44)39(33-13-7-3-8-14-33)34-15-9-4-10-16-34/h2-24,38-39H,25-30H2,1H3. The number of hydrogen-bond donors (Lipinski definition) is 0. The van der Waals surface area contributed by atoms with Crippen molar-refractivity contribution in [3.8, 4) is 5.75 Å². The number of benzene rings is 5. The number of nitrogens with zero attached hydrogens (tertiary/aromatic N) is 3. The normalized spacial score (nSPS) is 14.0. The molecule has 244 valence electrons. The Labute approximate surface area is 282 Å². The van der Waals surface area contributed by atoms with Gasteiger partial charge in [-0.05, 0) is 58.7 Å². The van der Waals surface area contributed by atoms with E-state index in [2.05, 4.69) is 53.4 Å². The van der Waals surface area contributed by atoms with Crippen LogP contribution in [0.4, 0.5) is 4.39 Å². The molecule has 5 aromatic carbocycles. The van der Waals surface area contributed by atoms with E-state index in [0.29, 0.717) is 43.9 Å². The maximum Gasteiger partial charge on any atom is 0.254 e. The summed E-state index contributed by atoms with van der Waals surface area (Å²) in [5, 5.41) is 0. The molecular formula is C41H40FN3O3. The van der Waals surface area contributed by atoms with Gasteiger partial charge >= 0.3 is 0 Å². The Bertz CT molecular complexity index is 1720. The third-order valence-electron chi connectivity index (χ3n) is 9.02. The monoisotopic (exact) mass is 641 g/mol. The van der Waals surface area contributed by atoms with E-state index < -0.39 is 11.9 Å². The van der Waals surface area contributed by atoms with Crippen molar-refractivity contribution in [1.29, 1.82) is 0 Å². The molecule has 0 N–H and O–H groups in total. The van der Waals surface area contributed by atoms with Crippen molar-refractivity contribution >= 4 is 11.8 Å². The van der Waals surface area contributed by atoms with Crippen LogP contribution >= 0.6 is 0 Å². The molecule has 1 saturated heterocycles. The first-order chi connectivity index (χ1) is 23.5. The van der Waals surface area contributed by atoms with E-state index in [1.54, 1.807) is 12.0 Å². The molecular weight excluding hydrogens is 601 g/mol. The Balaban J connectivity index is 1.30. The first kappa shape index (κ1) is 32.7. The average Bonchev–Trinajstić information content (AvgIpc) is 3.15. The quantitative estimate of drug-likeness (QED) is 0.156. The molecule has 48 heavy (non-hydrogen) atoms. The largest absolute Gasteiger partial charge is 0.497 e. The number of piperazine rings is 1. The molecule has 1 aliphatic rings. The Kier molecular flexibility index (Phi) is 10.6. The average molecular weight is 642 g/mol. The zero-order valence-electron chi connectivity index (χ0n) is 27.1. The van der Waals surface area contributed by atoms with Crippen LogP contribution in [0.3, 0.4) is 0 Å². The molecule has 0 aromatic heterocycles. The van der Waals surface area contributed by atoms with Crippen LogP contribution in [0.25, 0.3) is 0 Å². The summed E-state index contributed by atoms with van der Waals surface area (Å²) in [6.45, 7) is 2.63. The van der Waals surface area contributed by atoms with E-state index >= 15 is 0 Å². The highest BCUT2D eigenvalue weighted by molar-refractivity contribution is 5.97. The van der Waals surface area contributed by atoms with Crippen LogP contribution in [0.15, 0.2) is 140 Å². The summed E-state index contributed by atoms with van der Waals surface area (Å²) in [7, 11) is 1.61. The SMILES string of the molecule is COc1ccc(CN(C(=O)c2ccc(F)cc2)C(Cc2ccccc2)C(=O)N2CCN(C(c3ccccc3)c3ccccc3)CC2)cc1. The molecule has 1 fully saturated rings. The summed E-state index contributed by atoms with van der Waals surface area (Å²) in [6.07, 6.45) is 0.347. The first-order valence-corrected chi connectivity index (χ1v) is 16.4. The van der Waals surface area contributed by atoms with Gasteiger partial charge < -0.3 is 14.5 Å². The summed E-state index contributed by atoms with van der Waals surface area (Å²) < 4.78 is 19.2. The minimum atomic E-state index is -0.780. The lowest BCUT2D eigenvalue weighted by atomic mass is 9.96. The smallest absolute Gasteiger partial charge is 0.254 e. The molecule has 6 rings (SSSR count). The van der Waals surface area contributed by atoms with Crippen LogP contribution in [-0.2, 0) is 17.8 Å². The zero-order chi connectivity index (χ0) is 33.3. The Morgan fingerprint density at radius 3 is 1.77 bits per heavy atom. The number of halogens is 1. The number of hydrogen-bond acceptors (Lipinski definition) is 4. The summed E-state index contributed by atoms with van der Waals surface area (Å²) >= 11 is 0. The van der Waals surface area contributed by atoms with Gasteiger partial charge in [0.05, 0.1) is 13.2 Å². The molecule has 1 atom stereocenters. The number of methoxy groups -OCH3 is 1. The third-order valence-corrected chi connectivity index (χ3v) is 9.02. The maximum atomic E-state index is 14.7. The second-order valence-corrected chi connectivity index (χ2v) is 12.1. The minimum Gasteiger partial charge on any atom is -0.497 e. The third kappa shape index (κ3) is 7.81. The Morgan fingerprint density at radius 2 is 1.23 bits per heavy atom. The van der Waals surface area contributed by atoms with Crippen molar-refractivity contribution in [1.82, 2.24) is 14.7 Å². The van der Waals surface area contributed by atoms with Gasteiger partial charge in [-0.25, -0.2) is 4.39 Å². The number of amides is 2. The highest BCUT2D eigenvalue weighted by atomic mass is 19.1. The van der Waals surface area contributed by atoms with Gasteiger partial charge in [-0.2, -0.15) is 0 Å². The maximum absolute atomic E-state index is 14.7. The summed E-state index contributed by atoms with van der Waals surface area (Å²) in [5.74, 6) is -0.146. The molecule has 6 nitrogen and oxygen atoms in total. The molecule has 0 bridgehead atoms. The number of carbonyl (C=O) groups excluding carboxylic acids is 2. The van der Waals surface area contributed by atoms with E-state index in [-0.39, 0.29) is 24.4 Å². The summed E-state index contributed by atoms with van der Waals surface area (Å²) in [6, 6.07) is 43.0. The van der Waals surface area contributed by atoms with Crippen molar-refractivity contribution in [2.24, 2.45) is 0 Å². The second-order valence-electron chi connectivity index (χ2n) is 12.1. The van der Waals surface area contributed by atoms with Crippen LogP contribution in [0.2, 0.25) is 0 Å². The van der Waals surface area contributed by atoms with Crippen molar-refractivity contribution in [3.63, 3.8) is 0 Å². The number of ether oxygens (including phenoxy) is 1. The predicted octanol–water partition coefficient (Wildman–Crippen LogP) is 7.02. The van der Waals surface area contributed by atoms with E-state index in [4.69, 9.17) is 4.74 Å². The molecule has 0 saturated carbocycles. The van der Waals surface area contributed by atoms with E-state index in [9.17, 15) is 14.0 Å². The Hall–Kier alpha value is -5.27. The van der Waals surface area contributed by atoms with Gasteiger partial charge in [-0.3, -0.25) is 14.5 Å². The van der Waals surface area contributed by atoms with Crippen molar-refractivity contribution < 1.29 is 18.7 Å². The lowest BCUT2D eigenvalue weighted by Gasteiger charge is -2.42. The van der Waals surface area contributed by atoms with Crippen molar-refractivity contribution in [3.05, 3.63) is 173 Å². The molecule has 2 amide bonds. The van der Waals surface area contributed by atoms with Gasteiger partial charge in [0.2, 0.25) is 5.91 Å². The minimum absolute atomic E-state index is 0.0661. The van der Waals surface area contributed by atoms with Gasteiger partial charge in [0, 0.05) is 44.7 Å². The van der Waals surface area contributed by atoms with Crippen molar-refractivity contribution in [2.75, 3.05) is 33.3 Å². The molecule has 0 radical (unpaired) electrons. The fourth-order valence-electron chi connectivity index (χ4n) is 6.47. The van der Waals surface area contributed by atoms with Gasteiger partial charge in [-0.15, -0.1) is 0 Å². The fourth-order valence-corrected chi connectivity index (χ4v) is 6.47. The predicted molar refractivity (Wildman–Crippen MR) is 186 cm³/mol. The van der Waals surface area contributed by atoms with Crippen LogP contribution in [0.5, 0.6) is 5.75 Å². The summed E-state index contributed by atoms with van der Waals surface area (Å²) in [5.41, 5.74) is 4.56. The van der Waals surface area contributed by atoms with E-state index in [1.807, 2.05) is 71.6 Å². The fraction of sp³-hybridized carbons (Fsp3) is 0.220. The van der Waals surface area contributed by atoms with Crippen LogP contribution in [0.1, 0.15) is 38.7 Å². The highest BCUT2D eigenvalue weighted by Gasteiger charge is 2.36. The van der Waals surface area contributed by atoms with Crippen molar-refractivity contribution in [2.45, 2.75) is 25.0 Å². The molecule has 1 unspecified atom stereocenters. The molecule has 7 heteroatoms. The van der Waals surface area contributed by atoms with E-state index in [1.165, 1.54) is 35.4 Å². The highest BCUT2D eigenvalue weighted by Crippen LogP contribution is 2.30. The lowest BCUT2D eigenvalue weighted by molar-refractivity contribution is -0.138. The van der Waals surface area contributed by atoms with Gasteiger partial charge in [-0.1, -0.05) is 103 Å². The molecule has 5 aromatic rings. The molecule has 0 spiro atoms. The Morgan fingerprint density at radius 1 is 0.688 bits per heavy atom. The topological polar surface area (TPSA) is 53.1 Å². The number of rotatable bonds is 11. The molecule has 1 heterocycles.